The van der Waals surface area contributed by atoms with Gasteiger partial charge in [0.05, 0.1) is 26.4 Å². The van der Waals surface area contributed by atoms with E-state index in [0.717, 1.165) is 193 Å². The maximum atomic E-state index is 13.1. The predicted octanol–water partition coefficient (Wildman–Crippen LogP) is 30.8. The Morgan fingerprint density at radius 2 is 0.407 bits per heavy atom. The summed E-state index contributed by atoms with van der Waals surface area (Å²) in [6.45, 7) is 2.38. The Hall–Kier alpha value is -5.35. The van der Waals surface area contributed by atoms with Crippen LogP contribution in [0.1, 0.15) is 406 Å². The molecule has 0 aromatic heterocycles. The van der Waals surface area contributed by atoms with E-state index in [9.17, 15) is 43.5 Å². The lowest BCUT2D eigenvalue weighted by atomic mass is 10.0. The van der Waals surface area contributed by atoms with Gasteiger partial charge in [-0.3, -0.25) is 32.5 Å². The fraction of sp³-hybridized carbons (Fsp3) is 0.686. The molecule has 5 unspecified atom stereocenters. The van der Waals surface area contributed by atoms with E-state index in [4.69, 9.17) is 32.3 Å². The van der Waals surface area contributed by atoms with Crippen LogP contribution in [-0.4, -0.2) is 95.9 Å². The second kappa shape index (κ2) is 95.7. The standard InChI is InChI=1S/C105H178O16P2/c1-4-7-10-13-16-19-22-25-28-31-34-37-40-42-44-46-47-48-49-50-51-53-55-56-59-61-64-67-70-73-76-79-82-85-88-91-103(108)115-94-100(106)95-117-122(111,112)118-96-101(107)97-119-123(113,114)120-99-102(121-105(110)93-90-87-84-81-78-75-72-69-66-63-58-39-36-33-30-27-24-21-18-15-12-9-6-3)98-116-104(109)92-89-86-83-80-77-74-71-68-65-62-60-57-54-52-45-43-41-38-35-32-29-26-23-20-17-14-11-8-5-2/h7-12,16-21,25-30,34-39,42-45,63,66,100-102,106-107H,4-6,13-15,22-24,31-33,40-41,46-62,64-65,67-99H2,1-3H3,(H,111,112)(H,113,114)/b10-7-,11-8-,12-9-,19-16-,20-17-,21-18-,28-25-,29-26-,30-27-,37-34-,38-35-,39-36-,44-42-,45-43-,66-63-. The SMILES string of the molecule is CC/C=C\C/C=C\C/C=C\C/C=C\C/C=C\CCCCCCCCCCCCCCCCCCCCCC(=O)OCC(O)COP(=O)(O)OCC(O)COP(=O)(O)OCC(COC(=O)CCCCCCCCCCCCCCC/C=C\C/C=C\C/C=C\C/C=C\C/C=C\CC)OC(=O)CCCCCCCCC/C=C\C/C=C\C/C=C\C/C=C\C/C=C\CC. The molecule has 704 valence electrons. The van der Waals surface area contributed by atoms with E-state index in [1.807, 2.05) is 0 Å². The van der Waals surface area contributed by atoms with E-state index >= 15 is 0 Å². The van der Waals surface area contributed by atoms with Gasteiger partial charge in [0.2, 0.25) is 0 Å². The fourth-order valence-corrected chi connectivity index (χ4v) is 14.9. The molecule has 0 amide bonds. The van der Waals surface area contributed by atoms with Gasteiger partial charge in [0, 0.05) is 19.3 Å². The van der Waals surface area contributed by atoms with Gasteiger partial charge >= 0.3 is 33.6 Å². The van der Waals surface area contributed by atoms with Gasteiger partial charge in [0.15, 0.2) is 6.10 Å². The molecule has 0 saturated heterocycles. The topological polar surface area (TPSA) is 231 Å². The van der Waals surface area contributed by atoms with Crippen molar-refractivity contribution in [1.82, 2.24) is 0 Å². The monoisotopic (exact) mass is 1760 g/mol. The number of carbonyl (C=O) groups excluding carboxylic acids is 3. The molecule has 0 aromatic rings. The molecule has 16 nitrogen and oxygen atoms in total. The molecule has 0 aliphatic heterocycles. The zero-order valence-electron chi connectivity index (χ0n) is 77.8. The molecule has 0 bridgehead atoms. The highest BCUT2D eigenvalue weighted by molar-refractivity contribution is 7.47. The van der Waals surface area contributed by atoms with Crippen molar-refractivity contribution in [3.8, 4) is 0 Å². The number of aliphatic hydroxyl groups is 2. The highest BCUT2D eigenvalue weighted by atomic mass is 31.2. The largest absolute Gasteiger partial charge is 0.472 e. The summed E-state index contributed by atoms with van der Waals surface area (Å²) in [5.41, 5.74) is 0. The summed E-state index contributed by atoms with van der Waals surface area (Å²) in [6, 6.07) is 0. The number of allylic oxidation sites excluding steroid dienone is 30. The quantitative estimate of drug-likeness (QED) is 0.0146. The van der Waals surface area contributed by atoms with Crippen LogP contribution in [0.5, 0.6) is 0 Å². The Bertz CT molecular complexity index is 2970. The minimum atomic E-state index is -4.95. The van der Waals surface area contributed by atoms with Gasteiger partial charge in [-0.1, -0.05) is 415 Å². The van der Waals surface area contributed by atoms with Crippen molar-refractivity contribution >= 4 is 33.6 Å². The van der Waals surface area contributed by atoms with Crippen molar-refractivity contribution in [2.45, 2.75) is 424 Å². The summed E-state index contributed by atoms with van der Waals surface area (Å²) in [5, 5.41) is 20.8. The predicted molar refractivity (Wildman–Crippen MR) is 518 cm³/mol. The second-order valence-corrected chi connectivity index (χ2v) is 35.3. The van der Waals surface area contributed by atoms with Crippen molar-refractivity contribution in [1.29, 1.82) is 0 Å². The molecule has 0 aliphatic carbocycles. The zero-order chi connectivity index (χ0) is 89.3. The molecular formula is C105H178O16P2. The van der Waals surface area contributed by atoms with Crippen LogP contribution >= 0.6 is 15.6 Å². The molecule has 0 heterocycles. The highest BCUT2D eigenvalue weighted by Gasteiger charge is 2.30. The van der Waals surface area contributed by atoms with Gasteiger partial charge in [0.1, 0.15) is 25.4 Å². The van der Waals surface area contributed by atoms with E-state index in [1.54, 1.807) is 0 Å². The lowest BCUT2D eigenvalue weighted by Gasteiger charge is -2.21. The highest BCUT2D eigenvalue weighted by Crippen LogP contribution is 2.45. The fourth-order valence-electron chi connectivity index (χ4n) is 13.3. The number of rotatable bonds is 92. The van der Waals surface area contributed by atoms with E-state index in [2.05, 4.69) is 203 Å². The van der Waals surface area contributed by atoms with E-state index in [0.29, 0.717) is 19.3 Å². The summed E-state index contributed by atoms with van der Waals surface area (Å²) >= 11 is 0. The first-order chi connectivity index (χ1) is 60.2. The molecule has 5 atom stereocenters. The Morgan fingerprint density at radius 1 is 0.228 bits per heavy atom. The van der Waals surface area contributed by atoms with Gasteiger partial charge in [-0.15, -0.1) is 0 Å². The van der Waals surface area contributed by atoms with Crippen LogP contribution in [0.4, 0.5) is 0 Å². The van der Waals surface area contributed by atoms with Crippen LogP contribution < -0.4 is 0 Å². The van der Waals surface area contributed by atoms with Crippen LogP contribution in [0.3, 0.4) is 0 Å². The second-order valence-electron chi connectivity index (χ2n) is 32.4. The van der Waals surface area contributed by atoms with Gasteiger partial charge in [-0.05, 0) is 154 Å². The summed E-state index contributed by atoms with van der Waals surface area (Å²) in [7, 11) is -9.82. The number of carbonyl (C=O) groups is 3. The van der Waals surface area contributed by atoms with Gasteiger partial charge in [-0.25, -0.2) is 9.13 Å². The molecule has 18 heteroatoms. The maximum Gasteiger partial charge on any atom is 0.472 e. The third-order valence-electron chi connectivity index (χ3n) is 20.6. The molecule has 0 aliphatic rings. The van der Waals surface area contributed by atoms with Crippen molar-refractivity contribution in [2.24, 2.45) is 0 Å². The Labute approximate surface area is 751 Å². The number of ether oxygens (including phenoxy) is 3. The van der Waals surface area contributed by atoms with Crippen LogP contribution in [-0.2, 0) is 55.8 Å². The van der Waals surface area contributed by atoms with Crippen LogP contribution in [0.2, 0.25) is 0 Å². The zero-order valence-corrected chi connectivity index (χ0v) is 79.6. The molecule has 0 aromatic carbocycles. The third-order valence-corrected chi connectivity index (χ3v) is 22.5. The summed E-state index contributed by atoms with van der Waals surface area (Å²) in [5.74, 6) is -1.58. The molecule has 0 saturated carbocycles. The van der Waals surface area contributed by atoms with Crippen LogP contribution in [0, 0.1) is 0 Å². The molecule has 0 fully saturated rings. The number of esters is 3. The van der Waals surface area contributed by atoms with Gasteiger partial charge < -0.3 is 34.2 Å². The average Bonchev–Trinajstić information content (AvgIpc) is 0.890. The summed E-state index contributed by atoms with van der Waals surface area (Å²) < 4.78 is 61.6. The normalized spacial score (nSPS) is 14.5. The number of phosphoric acid groups is 2. The molecule has 123 heavy (non-hydrogen) atoms. The first-order valence-corrected chi connectivity index (χ1v) is 52.1. The first kappa shape index (κ1) is 118. The minimum Gasteiger partial charge on any atom is -0.463 e. The average molecular weight is 1760 g/mol. The van der Waals surface area contributed by atoms with Gasteiger partial charge in [0.25, 0.3) is 0 Å². The minimum absolute atomic E-state index is 0.0872. The smallest absolute Gasteiger partial charge is 0.463 e. The Kier molecular flexibility index (Phi) is 91.6. The van der Waals surface area contributed by atoms with E-state index < -0.39 is 91.5 Å². The van der Waals surface area contributed by atoms with E-state index in [-0.39, 0.29) is 19.3 Å². The number of unbranched alkanes of at least 4 members (excludes halogenated alkanes) is 39. The maximum absolute atomic E-state index is 13.1. The molecule has 0 spiro atoms. The molecule has 0 rings (SSSR count). The van der Waals surface area contributed by atoms with E-state index in [1.165, 1.54) is 154 Å². The lowest BCUT2D eigenvalue weighted by molar-refractivity contribution is -0.161. The van der Waals surface area contributed by atoms with Crippen LogP contribution in [0.15, 0.2) is 182 Å². The summed E-state index contributed by atoms with van der Waals surface area (Å²) in [4.78, 5) is 59.1. The number of aliphatic hydroxyl groups excluding tert-OH is 2. The van der Waals surface area contributed by atoms with Crippen molar-refractivity contribution in [2.75, 3.05) is 39.6 Å². The number of hydrogen-bond acceptors (Lipinski definition) is 14. The van der Waals surface area contributed by atoms with Gasteiger partial charge in [-0.2, -0.15) is 0 Å². The third kappa shape index (κ3) is 97.1. The lowest BCUT2D eigenvalue weighted by Crippen LogP contribution is -2.30. The van der Waals surface area contributed by atoms with Crippen LogP contribution in [0.25, 0.3) is 0 Å². The summed E-state index contributed by atoms with van der Waals surface area (Å²) in [6.07, 6.45) is 127. The van der Waals surface area contributed by atoms with Crippen molar-refractivity contribution in [3.05, 3.63) is 182 Å². The first-order valence-electron chi connectivity index (χ1n) is 49.1. The van der Waals surface area contributed by atoms with Crippen molar-refractivity contribution < 1.29 is 75.8 Å². The molecule has 0 radical (unpaired) electrons. The Balaban J connectivity index is 4.56. The van der Waals surface area contributed by atoms with Crippen molar-refractivity contribution in [3.63, 3.8) is 0 Å². The number of phosphoric ester groups is 2. The molecular weight excluding hydrogens is 1580 g/mol. The Morgan fingerprint density at radius 3 is 0.642 bits per heavy atom. The number of hydrogen-bond donors (Lipinski definition) is 4. The molecule has 4 N–H and O–H groups in total.